The molecule has 3 rings (SSSR count). The molecule has 1 aromatic carbocycles. The van der Waals surface area contributed by atoms with Gasteiger partial charge < -0.3 is 39.8 Å². The minimum Gasteiger partial charge on any atom is -0.462 e. The van der Waals surface area contributed by atoms with Crippen LogP contribution in [-0.4, -0.2) is 77.4 Å². The molecular weight excluding hydrogens is 869 g/mol. The van der Waals surface area contributed by atoms with Crippen LogP contribution in [0.5, 0.6) is 0 Å². The van der Waals surface area contributed by atoms with Crippen LogP contribution in [0, 0.1) is 0 Å². The van der Waals surface area contributed by atoms with Gasteiger partial charge in [-0.15, -0.1) is 0 Å². The molecule has 11 nitrogen and oxygen atoms in total. The van der Waals surface area contributed by atoms with Crippen molar-refractivity contribution >= 4 is 17.7 Å². The third kappa shape index (κ3) is 25.2. The van der Waals surface area contributed by atoms with Crippen molar-refractivity contribution in [2.24, 2.45) is 5.73 Å². The Kier molecular flexibility index (Phi) is 32.2. The van der Waals surface area contributed by atoms with E-state index in [1.165, 1.54) is 122 Å². The van der Waals surface area contributed by atoms with Crippen molar-refractivity contribution < 1.29 is 43.2 Å². The first-order chi connectivity index (χ1) is 33.4. The molecule has 0 spiro atoms. The van der Waals surface area contributed by atoms with Crippen molar-refractivity contribution in [3.8, 4) is 0 Å². The van der Waals surface area contributed by atoms with Crippen molar-refractivity contribution in [2.45, 2.75) is 308 Å². The lowest BCUT2D eigenvalue weighted by Crippen LogP contribution is -2.80. The molecule has 0 aromatic heterocycles. The normalized spacial score (nSPS) is 21.9. The van der Waals surface area contributed by atoms with Crippen LogP contribution in [-0.2, 0) is 44.7 Å². The fourth-order valence-corrected chi connectivity index (χ4v) is 10.0. The summed E-state index contributed by atoms with van der Waals surface area (Å²) in [5.41, 5.74) is 6.04. The Balaban J connectivity index is 1.72. The van der Waals surface area contributed by atoms with Gasteiger partial charge >= 0.3 is 5.97 Å². The number of aliphatic hydroxyl groups excluding tert-OH is 1. The molecule has 7 atom stereocenters. The van der Waals surface area contributed by atoms with Crippen molar-refractivity contribution in [1.82, 2.24) is 5.32 Å². The fourth-order valence-electron chi connectivity index (χ4n) is 10.0. The van der Waals surface area contributed by atoms with E-state index in [0.717, 1.165) is 69.8 Å². The Morgan fingerprint density at radius 1 is 0.667 bits per heavy atom. The van der Waals surface area contributed by atoms with Gasteiger partial charge in [0.15, 0.2) is 17.9 Å². The maximum atomic E-state index is 14.8. The minimum atomic E-state index is -2.11. The number of nitrogens with two attached hydrogens (primary N) is 1. The topological polar surface area (TPSA) is 156 Å². The standard InChI is InChI=1S/C58H102N2O9/c1-6-9-12-15-18-21-22-25-28-31-37-42-53(63)67-49(41-36-30-27-24-20-17-14-11-8-3)43-51(61)58(59)55(54-50(68-56(58)64)46-66-57(4,5)69-54)60-52(62)44-48(65-45-47-38-33-32-34-39-47)40-35-29-26-23-19-16-13-10-7-2/h32-34,38-39,48-50,54-56,64H,6-31,35-37,40-46,59H2,1-5H3,(H,60,62)/t48-,49-,50-,54-,55+,56?,58?/m1/s1. The van der Waals surface area contributed by atoms with Crippen LogP contribution in [0.3, 0.4) is 0 Å². The highest BCUT2D eigenvalue weighted by molar-refractivity contribution is 5.91. The second kappa shape index (κ2) is 36.5. The minimum absolute atomic E-state index is 0.0384. The molecule has 0 saturated carbocycles. The number of amides is 1. The summed E-state index contributed by atoms with van der Waals surface area (Å²) in [5, 5.41) is 14.8. The van der Waals surface area contributed by atoms with Gasteiger partial charge in [-0.3, -0.25) is 14.4 Å². The number of ether oxygens (including phenoxy) is 5. The number of hydrogen-bond donors (Lipinski definition) is 3. The molecule has 2 unspecified atom stereocenters. The van der Waals surface area contributed by atoms with Crippen molar-refractivity contribution in [3.63, 3.8) is 0 Å². The van der Waals surface area contributed by atoms with E-state index < -0.39 is 47.8 Å². The number of unbranched alkanes of at least 4 members (excludes halogenated alkanes) is 26. The van der Waals surface area contributed by atoms with Crippen LogP contribution in [0.15, 0.2) is 30.3 Å². The molecule has 2 aliphatic heterocycles. The molecule has 4 N–H and O–H groups in total. The maximum absolute atomic E-state index is 14.8. The van der Waals surface area contributed by atoms with Crippen molar-refractivity contribution in [2.75, 3.05) is 6.61 Å². The van der Waals surface area contributed by atoms with Gasteiger partial charge in [-0.05, 0) is 45.1 Å². The number of Topliss-reactive ketones (excluding diaryl/α,β-unsaturated/α-hetero) is 1. The lowest BCUT2D eigenvalue weighted by atomic mass is 9.76. The summed E-state index contributed by atoms with van der Waals surface area (Å²) in [7, 11) is 0. The molecule has 2 saturated heterocycles. The highest BCUT2D eigenvalue weighted by atomic mass is 16.7. The molecule has 1 amide bonds. The third-order valence-electron chi connectivity index (χ3n) is 14.4. The number of hydrogen-bond acceptors (Lipinski definition) is 10. The zero-order valence-corrected chi connectivity index (χ0v) is 44.6. The Morgan fingerprint density at radius 2 is 1.13 bits per heavy atom. The fraction of sp³-hybridized carbons (Fsp3) is 0.845. The van der Waals surface area contributed by atoms with Gasteiger partial charge in [0.25, 0.3) is 0 Å². The van der Waals surface area contributed by atoms with E-state index in [1.54, 1.807) is 13.8 Å². The van der Waals surface area contributed by atoms with Crippen LogP contribution >= 0.6 is 0 Å². The molecule has 0 aliphatic carbocycles. The summed E-state index contributed by atoms with van der Waals surface area (Å²) < 4.78 is 30.9. The van der Waals surface area contributed by atoms with E-state index in [9.17, 15) is 19.5 Å². The van der Waals surface area contributed by atoms with Gasteiger partial charge in [-0.25, -0.2) is 0 Å². The number of carbonyl (C=O) groups excluding carboxylic acids is 3. The number of esters is 1. The number of benzene rings is 1. The molecule has 0 radical (unpaired) electrons. The average molecular weight is 971 g/mol. The van der Waals surface area contributed by atoms with E-state index >= 15 is 0 Å². The summed E-state index contributed by atoms with van der Waals surface area (Å²) in [6.45, 7) is 10.7. The summed E-state index contributed by atoms with van der Waals surface area (Å²) in [4.78, 5) is 42.6. The Morgan fingerprint density at radius 3 is 1.64 bits per heavy atom. The Labute approximate surface area is 420 Å². The molecule has 69 heavy (non-hydrogen) atoms. The molecule has 2 aliphatic rings. The van der Waals surface area contributed by atoms with Crippen LogP contribution in [0.2, 0.25) is 0 Å². The second-order valence-corrected chi connectivity index (χ2v) is 21.2. The largest absolute Gasteiger partial charge is 0.462 e. The van der Waals surface area contributed by atoms with E-state index in [0.29, 0.717) is 19.4 Å². The summed E-state index contributed by atoms with van der Waals surface area (Å²) in [5.74, 6) is -2.30. The maximum Gasteiger partial charge on any atom is 0.306 e. The van der Waals surface area contributed by atoms with Crippen LogP contribution < -0.4 is 11.1 Å². The quantitative estimate of drug-likeness (QED) is 0.0426. The predicted molar refractivity (Wildman–Crippen MR) is 279 cm³/mol. The first kappa shape index (κ1) is 60.9. The monoisotopic (exact) mass is 971 g/mol. The van der Waals surface area contributed by atoms with E-state index in [1.807, 2.05) is 30.3 Å². The van der Waals surface area contributed by atoms with Crippen molar-refractivity contribution in [3.05, 3.63) is 35.9 Å². The lowest BCUT2D eigenvalue weighted by molar-refractivity contribution is -0.356. The van der Waals surface area contributed by atoms with Gasteiger partial charge in [0.05, 0.1) is 31.8 Å². The third-order valence-corrected chi connectivity index (χ3v) is 14.4. The first-order valence-electron chi connectivity index (χ1n) is 28.5. The lowest BCUT2D eigenvalue weighted by Gasteiger charge is -2.54. The number of carbonyl (C=O) groups is 3. The summed E-state index contributed by atoms with van der Waals surface area (Å²) in [6.07, 6.45) is 30.6. The van der Waals surface area contributed by atoms with Gasteiger partial charge in [-0.1, -0.05) is 224 Å². The highest BCUT2D eigenvalue weighted by Crippen LogP contribution is 2.37. The number of nitrogens with one attached hydrogen (secondary N) is 1. The van der Waals surface area contributed by atoms with Gasteiger partial charge in [0.1, 0.15) is 23.9 Å². The van der Waals surface area contributed by atoms with Gasteiger partial charge in [0, 0.05) is 12.8 Å². The SMILES string of the molecule is CCCCCCCCCCCCCC(=O)O[C@H](CCCCCCCCCCC)CC(=O)C1(N)C(O)O[C@@H]2COC(C)(C)O[C@H]2[C@@H]1NC(=O)C[C@@H](CCCCCCCCCCC)OCc1ccccc1. The van der Waals surface area contributed by atoms with Crippen LogP contribution in [0.1, 0.15) is 258 Å². The highest BCUT2D eigenvalue weighted by Gasteiger charge is 2.61. The molecule has 2 fully saturated rings. The van der Waals surface area contributed by atoms with E-state index in [4.69, 9.17) is 29.4 Å². The molecule has 1 aromatic rings. The van der Waals surface area contributed by atoms with Crippen LogP contribution in [0.25, 0.3) is 0 Å². The summed E-state index contributed by atoms with van der Waals surface area (Å²) >= 11 is 0. The van der Waals surface area contributed by atoms with Gasteiger partial charge in [-0.2, -0.15) is 0 Å². The van der Waals surface area contributed by atoms with E-state index in [-0.39, 0.29) is 43.8 Å². The number of aliphatic hydroxyl groups is 1. The zero-order chi connectivity index (χ0) is 50.0. The second-order valence-electron chi connectivity index (χ2n) is 21.2. The first-order valence-corrected chi connectivity index (χ1v) is 28.5. The molecule has 398 valence electrons. The van der Waals surface area contributed by atoms with Gasteiger partial charge in [0.2, 0.25) is 5.91 Å². The number of fused-ring (bicyclic) bond motifs is 1. The molecular formula is C58H102N2O9. The number of rotatable bonds is 42. The molecule has 2 heterocycles. The average Bonchev–Trinajstić information content (AvgIpc) is 3.33. The summed E-state index contributed by atoms with van der Waals surface area (Å²) in [6, 6.07) is 8.77. The van der Waals surface area contributed by atoms with E-state index in [2.05, 4.69) is 26.1 Å². The smallest absolute Gasteiger partial charge is 0.306 e. The number of ketones is 1. The molecule has 0 bridgehead atoms. The zero-order valence-electron chi connectivity index (χ0n) is 44.6. The van der Waals surface area contributed by atoms with Crippen LogP contribution in [0.4, 0.5) is 0 Å². The Hall–Kier alpha value is -2.41. The Bertz CT molecular complexity index is 1480. The predicted octanol–water partition coefficient (Wildman–Crippen LogP) is 13.4. The van der Waals surface area contributed by atoms with Crippen molar-refractivity contribution in [1.29, 1.82) is 0 Å². The molecule has 11 heteroatoms.